The standard InChI is InChI=1S/C23H37NO6/c1-17(7-4-8-18(2)13-21(26)27)9-5-11-23(3,30)12-6-10-19-14-20(25)24(15-19)16-22(28)29/h9,14,18,30H,4-8,10-13,15-16H2,1-3H3,(H,26,27)(H,28,29). The molecule has 1 aliphatic heterocycles. The molecule has 0 aromatic heterocycles. The quantitative estimate of drug-likeness (QED) is 0.345. The van der Waals surface area contributed by atoms with Crippen molar-refractivity contribution in [1.82, 2.24) is 4.90 Å². The molecule has 0 aromatic carbocycles. The number of aliphatic carboxylic acids is 2. The van der Waals surface area contributed by atoms with Crippen LogP contribution in [0.5, 0.6) is 0 Å². The largest absolute Gasteiger partial charge is 0.481 e. The van der Waals surface area contributed by atoms with Crippen LogP contribution in [0, 0.1) is 5.92 Å². The van der Waals surface area contributed by atoms with Crippen molar-refractivity contribution >= 4 is 17.8 Å². The first-order valence-electron chi connectivity index (χ1n) is 10.8. The van der Waals surface area contributed by atoms with Crippen molar-refractivity contribution in [2.24, 2.45) is 5.92 Å². The molecule has 1 rings (SSSR count). The van der Waals surface area contributed by atoms with E-state index in [0.717, 1.165) is 37.7 Å². The van der Waals surface area contributed by atoms with E-state index >= 15 is 0 Å². The number of carboxylic acids is 2. The lowest BCUT2D eigenvalue weighted by Gasteiger charge is -2.23. The van der Waals surface area contributed by atoms with Gasteiger partial charge in [-0.3, -0.25) is 14.4 Å². The number of carboxylic acid groups (broad SMARTS) is 2. The molecule has 0 saturated carbocycles. The van der Waals surface area contributed by atoms with E-state index in [0.29, 0.717) is 25.8 Å². The Hall–Kier alpha value is -2.15. The Bertz CT molecular complexity index is 665. The van der Waals surface area contributed by atoms with E-state index in [1.165, 1.54) is 16.5 Å². The summed E-state index contributed by atoms with van der Waals surface area (Å²) in [7, 11) is 0. The second kappa shape index (κ2) is 12.5. The maximum Gasteiger partial charge on any atom is 0.323 e. The second-order valence-electron chi connectivity index (χ2n) is 8.93. The van der Waals surface area contributed by atoms with Gasteiger partial charge in [0, 0.05) is 19.0 Å². The fourth-order valence-electron chi connectivity index (χ4n) is 3.77. The number of hydrogen-bond acceptors (Lipinski definition) is 4. The predicted molar refractivity (Wildman–Crippen MR) is 115 cm³/mol. The minimum absolute atomic E-state index is 0.192. The maximum absolute atomic E-state index is 11.7. The highest BCUT2D eigenvalue weighted by atomic mass is 16.4. The lowest BCUT2D eigenvalue weighted by molar-refractivity contribution is -0.142. The fourth-order valence-corrected chi connectivity index (χ4v) is 3.77. The number of amides is 1. The van der Waals surface area contributed by atoms with E-state index in [-0.39, 0.29) is 24.8 Å². The Morgan fingerprint density at radius 2 is 1.93 bits per heavy atom. The van der Waals surface area contributed by atoms with Gasteiger partial charge in [0.15, 0.2) is 0 Å². The molecule has 7 heteroatoms. The summed E-state index contributed by atoms with van der Waals surface area (Å²) >= 11 is 0. The first-order chi connectivity index (χ1) is 14.0. The molecule has 1 aliphatic rings. The average Bonchev–Trinajstić information content (AvgIpc) is 2.92. The minimum atomic E-state index is -1.01. The topological polar surface area (TPSA) is 115 Å². The fraction of sp³-hybridized carbons (Fsp3) is 0.696. The molecule has 0 spiro atoms. The van der Waals surface area contributed by atoms with Crippen LogP contribution in [0.1, 0.15) is 78.6 Å². The number of carbonyl (C=O) groups is 3. The summed E-state index contributed by atoms with van der Waals surface area (Å²) in [4.78, 5) is 34.5. The number of allylic oxidation sites excluding steroid dienone is 2. The van der Waals surface area contributed by atoms with Crippen LogP contribution in [0.25, 0.3) is 0 Å². The summed E-state index contributed by atoms with van der Waals surface area (Å²) in [6.45, 7) is 5.95. The summed E-state index contributed by atoms with van der Waals surface area (Å²) in [6, 6.07) is 0. The van der Waals surface area contributed by atoms with Gasteiger partial charge in [0.1, 0.15) is 6.54 Å². The zero-order valence-corrected chi connectivity index (χ0v) is 18.5. The summed E-state index contributed by atoms with van der Waals surface area (Å²) in [5.74, 6) is -1.82. The number of rotatable bonds is 15. The maximum atomic E-state index is 11.7. The third-order valence-corrected chi connectivity index (χ3v) is 5.54. The Labute approximate surface area is 179 Å². The van der Waals surface area contributed by atoms with Gasteiger partial charge in [-0.1, -0.05) is 18.6 Å². The molecule has 1 amide bonds. The molecule has 7 nitrogen and oxygen atoms in total. The lowest BCUT2D eigenvalue weighted by atomic mass is 9.91. The zero-order valence-electron chi connectivity index (χ0n) is 18.5. The van der Waals surface area contributed by atoms with E-state index in [4.69, 9.17) is 10.2 Å². The van der Waals surface area contributed by atoms with Crippen LogP contribution in [0.15, 0.2) is 23.3 Å². The first kappa shape index (κ1) is 25.9. The SMILES string of the molecule is CC(=CCCC(C)(O)CCCC1=CC(=O)N(CC(=O)O)C1)CCCC(C)CC(=O)O. The molecule has 1 heterocycles. The molecule has 0 aliphatic carbocycles. The molecular formula is C23H37NO6. The molecule has 2 unspecified atom stereocenters. The molecule has 2 atom stereocenters. The number of carbonyl (C=O) groups excluding carboxylic acids is 1. The van der Waals surface area contributed by atoms with Gasteiger partial charge in [0.05, 0.1) is 5.60 Å². The molecule has 0 saturated heterocycles. The molecule has 0 radical (unpaired) electrons. The lowest BCUT2D eigenvalue weighted by Crippen LogP contribution is -2.31. The molecular weight excluding hydrogens is 386 g/mol. The summed E-state index contributed by atoms with van der Waals surface area (Å²) < 4.78 is 0. The minimum Gasteiger partial charge on any atom is -0.481 e. The highest BCUT2D eigenvalue weighted by Gasteiger charge is 2.24. The van der Waals surface area contributed by atoms with Gasteiger partial charge in [0.2, 0.25) is 5.91 Å². The third-order valence-electron chi connectivity index (χ3n) is 5.54. The van der Waals surface area contributed by atoms with Crippen LogP contribution >= 0.6 is 0 Å². The van der Waals surface area contributed by atoms with Crippen molar-refractivity contribution < 1.29 is 29.7 Å². The number of nitrogens with zero attached hydrogens (tertiary/aromatic N) is 1. The van der Waals surface area contributed by atoms with Crippen molar-refractivity contribution in [3.63, 3.8) is 0 Å². The molecule has 3 N–H and O–H groups in total. The average molecular weight is 424 g/mol. The van der Waals surface area contributed by atoms with Crippen LogP contribution in [0.4, 0.5) is 0 Å². The van der Waals surface area contributed by atoms with Gasteiger partial charge in [-0.15, -0.1) is 0 Å². The Morgan fingerprint density at radius 1 is 1.23 bits per heavy atom. The Kier molecular flexibility index (Phi) is 10.8. The van der Waals surface area contributed by atoms with Crippen molar-refractivity contribution in [2.45, 2.75) is 84.2 Å². The highest BCUT2D eigenvalue weighted by molar-refractivity contribution is 5.93. The van der Waals surface area contributed by atoms with E-state index in [2.05, 4.69) is 13.0 Å². The monoisotopic (exact) mass is 423 g/mol. The van der Waals surface area contributed by atoms with Gasteiger partial charge in [-0.05, 0) is 76.7 Å². The van der Waals surface area contributed by atoms with Crippen LogP contribution in [-0.2, 0) is 14.4 Å². The summed E-state index contributed by atoms with van der Waals surface area (Å²) in [6.07, 6.45) is 10.2. The van der Waals surface area contributed by atoms with Crippen LogP contribution in [-0.4, -0.2) is 56.8 Å². The van der Waals surface area contributed by atoms with E-state index in [1.807, 2.05) is 13.8 Å². The normalized spacial score (nSPS) is 17.6. The Morgan fingerprint density at radius 3 is 2.57 bits per heavy atom. The number of aliphatic hydroxyl groups is 1. The molecule has 0 fully saturated rings. The van der Waals surface area contributed by atoms with Gasteiger partial charge >= 0.3 is 11.9 Å². The smallest absolute Gasteiger partial charge is 0.323 e. The second-order valence-corrected chi connectivity index (χ2v) is 8.93. The van der Waals surface area contributed by atoms with Crippen LogP contribution < -0.4 is 0 Å². The van der Waals surface area contributed by atoms with Crippen molar-refractivity contribution in [2.75, 3.05) is 13.1 Å². The van der Waals surface area contributed by atoms with Crippen LogP contribution in [0.3, 0.4) is 0 Å². The molecule has 0 aromatic rings. The van der Waals surface area contributed by atoms with E-state index in [1.54, 1.807) is 0 Å². The van der Waals surface area contributed by atoms with E-state index in [9.17, 15) is 19.5 Å². The van der Waals surface area contributed by atoms with Crippen molar-refractivity contribution in [1.29, 1.82) is 0 Å². The van der Waals surface area contributed by atoms with Gasteiger partial charge < -0.3 is 20.2 Å². The van der Waals surface area contributed by atoms with E-state index < -0.39 is 17.5 Å². The van der Waals surface area contributed by atoms with Gasteiger partial charge in [-0.2, -0.15) is 0 Å². The molecule has 0 bridgehead atoms. The Balaban J connectivity index is 2.25. The molecule has 170 valence electrons. The van der Waals surface area contributed by atoms with Crippen molar-refractivity contribution in [3.8, 4) is 0 Å². The summed E-state index contributed by atoms with van der Waals surface area (Å²) in [5, 5.41) is 28.2. The highest BCUT2D eigenvalue weighted by Crippen LogP contribution is 2.24. The summed E-state index contributed by atoms with van der Waals surface area (Å²) in [5.41, 5.74) is 1.41. The predicted octanol–water partition coefficient (Wildman–Crippen LogP) is 3.77. The van der Waals surface area contributed by atoms with Gasteiger partial charge in [0.25, 0.3) is 0 Å². The zero-order chi connectivity index (χ0) is 22.7. The third kappa shape index (κ3) is 11.1. The molecule has 30 heavy (non-hydrogen) atoms. The van der Waals surface area contributed by atoms with Crippen LogP contribution in [0.2, 0.25) is 0 Å². The first-order valence-corrected chi connectivity index (χ1v) is 10.8. The van der Waals surface area contributed by atoms with Gasteiger partial charge in [-0.25, -0.2) is 0 Å². The number of hydrogen-bond donors (Lipinski definition) is 3. The van der Waals surface area contributed by atoms with Crippen molar-refractivity contribution in [3.05, 3.63) is 23.3 Å².